The minimum atomic E-state index is -1.67. The second-order valence-corrected chi connectivity index (χ2v) is 12.4. The van der Waals surface area contributed by atoms with Crippen LogP contribution in [0.3, 0.4) is 0 Å². The van der Waals surface area contributed by atoms with Gasteiger partial charge in [0, 0.05) is 14.5 Å². The van der Waals surface area contributed by atoms with E-state index in [4.69, 9.17) is 2.74 Å². The maximum absolute atomic E-state index is 8.91. The average Bonchev–Trinajstić information content (AvgIpc) is 3.09. The Morgan fingerprint density at radius 3 is 2.45 bits per heavy atom. The quantitative estimate of drug-likeness (QED) is 0.722. The molecule has 1 fully saturated rings. The number of hydrogen-bond donors (Lipinski definition) is 0. The van der Waals surface area contributed by atoms with Crippen LogP contribution in [0.2, 0.25) is 19.6 Å². The van der Waals surface area contributed by atoms with E-state index in [9.17, 15) is 0 Å². The molecule has 0 amide bonds. The van der Waals surface area contributed by atoms with E-state index in [0.29, 0.717) is 0 Å². The van der Waals surface area contributed by atoms with Gasteiger partial charge in [-0.1, -0.05) is 75.7 Å². The highest BCUT2D eigenvalue weighted by atomic mass is 28.3. The van der Waals surface area contributed by atoms with Crippen LogP contribution in [-0.4, -0.2) is 13.1 Å². The molecule has 0 atom stereocenters. The zero-order chi connectivity index (χ0) is 17.4. The Bertz CT molecular complexity index is 701. The molecule has 2 aromatic rings. The van der Waals surface area contributed by atoms with Crippen molar-refractivity contribution in [2.24, 2.45) is 5.92 Å². The minimum absolute atomic E-state index is 0.138. The summed E-state index contributed by atoms with van der Waals surface area (Å²) in [4.78, 5) is 4.68. The predicted molar refractivity (Wildman–Crippen MR) is 98.3 cm³/mol. The van der Waals surface area contributed by atoms with Crippen LogP contribution in [0.15, 0.2) is 42.6 Å². The highest BCUT2D eigenvalue weighted by Crippen LogP contribution is 2.29. The Hall–Kier alpha value is -1.41. The van der Waals surface area contributed by atoms with Crippen molar-refractivity contribution in [1.29, 1.82) is 0 Å². The summed E-state index contributed by atoms with van der Waals surface area (Å²) in [6.45, 7) is 6.83. The van der Waals surface area contributed by atoms with Crippen molar-refractivity contribution in [2.45, 2.75) is 51.7 Å². The first kappa shape index (κ1) is 13.1. The van der Waals surface area contributed by atoms with Crippen LogP contribution >= 0.6 is 0 Å². The standard InChI is InChI=1S/C20H27NSi/c1-22(2,3)20-15-21-19(17-11-5-4-6-12-17)14-18(20)13-16-9-7-8-10-16/h4-6,11-12,14-16H,7-10,13H2,1-3H3/i13D2. The molecule has 1 aliphatic rings. The summed E-state index contributed by atoms with van der Waals surface area (Å²) in [5.74, 6) is 0.138. The lowest BCUT2D eigenvalue weighted by Crippen LogP contribution is -2.41. The Balaban J connectivity index is 2.13. The molecule has 2 heteroatoms. The number of aromatic nitrogens is 1. The Labute approximate surface area is 138 Å². The highest BCUT2D eigenvalue weighted by Gasteiger charge is 2.24. The third kappa shape index (κ3) is 3.49. The normalized spacial score (nSPS) is 18.1. The second kappa shape index (κ2) is 6.37. The fourth-order valence-corrected chi connectivity index (χ4v) is 4.63. The van der Waals surface area contributed by atoms with Crippen LogP contribution in [0, 0.1) is 5.92 Å². The molecule has 0 bridgehead atoms. The molecule has 1 aliphatic carbocycles. The Morgan fingerprint density at radius 1 is 1.14 bits per heavy atom. The predicted octanol–water partition coefficient (Wildman–Crippen LogP) is 5.03. The van der Waals surface area contributed by atoms with E-state index in [2.05, 4.69) is 24.6 Å². The first-order valence-electron chi connectivity index (χ1n) is 9.36. The van der Waals surface area contributed by atoms with Gasteiger partial charge < -0.3 is 0 Å². The lowest BCUT2D eigenvalue weighted by Gasteiger charge is -2.23. The molecule has 1 aromatic carbocycles. The first-order chi connectivity index (χ1) is 11.3. The molecule has 1 aromatic heterocycles. The van der Waals surface area contributed by atoms with Crippen molar-refractivity contribution in [3.05, 3.63) is 48.2 Å². The fourth-order valence-electron chi connectivity index (χ4n) is 3.23. The van der Waals surface area contributed by atoms with Crippen LogP contribution < -0.4 is 5.19 Å². The summed E-state index contributed by atoms with van der Waals surface area (Å²) < 4.78 is 17.8. The molecule has 3 rings (SSSR count). The van der Waals surface area contributed by atoms with Crippen molar-refractivity contribution in [2.75, 3.05) is 0 Å². The fraction of sp³-hybridized carbons (Fsp3) is 0.450. The van der Waals surface area contributed by atoms with Gasteiger partial charge >= 0.3 is 0 Å². The van der Waals surface area contributed by atoms with Gasteiger partial charge in [0.1, 0.15) is 0 Å². The van der Waals surface area contributed by atoms with E-state index in [1.54, 1.807) is 0 Å². The van der Waals surface area contributed by atoms with Crippen LogP contribution in [0.1, 0.15) is 34.0 Å². The number of benzene rings is 1. The largest absolute Gasteiger partial charge is 0.256 e. The second-order valence-electron chi connectivity index (χ2n) is 7.36. The molecule has 0 unspecified atom stereocenters. The van der Waals surface area contributed by atoms with E-state index in [-0.39, 0.29) is 5.92 Å². The van der Waals surface area contributed by atoms with Crippen LogP contribution in [0.4, 0.5) is 0 Å². The average molecular weight is 312 g/mol. The molecule has 116 valence electrons. The van der Waals surface area contributed by atoms with Gasteiger partial charge in [0.15, 0.2) is 0 Å². The summed E-state index contributed by atoms with van der Waals surface area (Å²) in [5, 5.41) is 1.17. The van der Waals surface area contributed by atoms with Gasteiger partial charge in [0.05, 0.1) is 13.8 Å². The Morgan fingerprint density at radius 2 is 1.82 bits per heavy atom. The van der Waals surface area contributed by atoms with E-state index in [0.717, 1.165) is 42.5 Å². The first-order valence-corrected chi connectivity index (χ1v) is 11.9. The van der Waals surface area contributed by atoms with Gasteiger partial charge in [-0.15, -0.1) is 0 Å². The molecule has 0 saturated heterocycles. The smallest absolute Gasteiger partial charge is 0.0799 e. The number of rotatable bonds is 4. The third-order valence-corrected chi connectivity index (χ3v) is 6.51. The third-order valence-electron chi connectivity index (χ3n) is 4.50. The van der Waals surface area contributed by atoms with Crippen molar-refractivity contribution in [3.63, 3.8) is 0 Å². The molecule has 1 nitrogen and oxygen atoms in total. The maximum Gasteiger partial charge on any atom is 0.0799 e. The molecule has 1 heterocycles. The van der Waals surface area contributed by atoms with Crippen molar-refractivity contribution < 1.29 is 2.74 Å². The molecular weight excluding hydrogens is 282 g/mol. The lowest BCUT2D eigenvalue weighted by molar-refractivity contribution is 0.547. The highest BCUT2D eigenvalue weighted by molar-refractivity contribution is 6.89. The van der Waals surface area contributed by atoms with Gasteiger partial charge in [0.25, 0.3) is 0 Å². The number of hydrogen-bond acceptors (Lipinski definition) is 1. The number of nitrogens with zero attached hydrogens (tertiary/aromatic N) is 1. The van der Waals surface area contributed by atoms with E-state index >= 15 is 0 Å². The Kier molecular flexibility index (Phi) is 3.78. The van der Waals surface area contributed by atoms with Gasteiger partial charge in [-0.05, 0) is 29.1 Å². The summed E-state index contributed by atoms with van der Waals surface area (Å²) in [7, 11) is -1.67. The van der Waals surface area contributed by atoms with E-state index in [1.165, 1.54) is 5.19 Å². The van der Waals surface area contributed by atoms with Crippen molar-refractivity contribution in [3.8, 4) is 11.3 Å². The van der Waals surface area contributed by atoms with E-state index in [1.807, 2.05) is 42.6 Å². The lowest BCUT2D eigenvalue weighted by atomic mass is 9.97. The van der Waals surface area contributed by atoms with Crippen molar-refractivity contribution in [1.82, 2.24) is 4.98 Å². The molecule has 22 heavy (non-hydrogen) atoms. The molecule has 0 spiro atoms. The zero-order valence-electron chi connectivity index (χ0n) is 15.9. The SMILES string of the molecule is [2H]C([2H])(c1cc(-c2ccccc2)ncc1[Si](C)(C)C)C1CCCC1. The van der Waals surface area contributed by atoms with Crippen LogP contribution in [-0.2, 0) is 6.37 Å². The molecule has 0 N–H and O–H groups in total. The monoisotopic (exact) mass is 311 g/mol. The van der Waals surface area contributed by atoms with Gasteiger partial charge in [-0.25, -0.2) is 0 Å². The van der Waals surface area contributed by atoms with Crippen LogP contribution in [0.25, 0.3) is 11.3 Å². The molecule has 0 radical (unpaired) electrons. The van der Waals surface area contributed by atoms with Gasteiger partial charge in [-0.3, -0.25) is 4.98 Å². The van der Waals surface area contributed by atoms with Crippen LogP contribution in [0.5, 0.6) is 0 Å². The minimum Gasteiger partial charge on any atom is -0.256 e. The summed E-state index contributed by atoms with van der Waals surface area (Å²) in [5.41, 5.74) is 2.83. The molecular formula is C20H27NSi. The number of pyridine rings is 1. The molecule has 0 aliphatic heterocycles. The summed E-state index contributed by atoms with van der Waals surface area (Å²) in [6.07, 6.45) is 5.00. The van der Waals surface area contributed by atoms with Gasteiger partial charge in [-0.2, -0.15) is 0 Å². The van der Waals surface area contributed by atoms with Gasteiger partial charge in [0.2, 0.25) is 0 Å². The van der Waals surface area contributed by atoms with Crippen molar-refractivity contribution >= 4 is 13.3 Å². The summed E-state index contributed by atoms with van der Waals surface area (Å²) >= 11 is 0. The summed E-state index contributed by atoms with van der Waals surface area (Å²) in [6, 6.07) is 12.1. The molecule has 1 saturated carbocycles. The maximum atomic E-state index is 8.91. The topological polar surface area (TPSA) is 12.9 Å². The van der Waals surface area contributed by atoms with E-state index < -0.39 is 14.4 Å². The zero-order valence-corrected chi connectivity index (χ0v) is 14.9.